The number of hydrogen-bond acceptors (Lipinski definition) is 8. The molecule has 1 aromatic heterocycles. The average Bonchev–Trinajstić information content (AvgIpc) is 2.89. The predicted molar refractivity (Wildman–Crippen MR) is 128 cm³/mol. The molecule has 0 saturated heterocycles. The van der Waals surface area contributed by atoms with Crippen LogP contribution in [0.15, 0.2) is 40.4 Å². The van der Waals surface area contributed by atoms with Crippen LogP contribution in [-0.2, 0) is 11.4 Å². The van der Waals surface area contributed by atoms with Gasteiger partial charge in [0.05, 0.1) is 20.8 Å². The summed E-state index contributed by atoms with van der Waals surface area (Å²) in [5.74, 6) is -0.771. The number of pyridine rings is 1. The summed E-state index contributed by atoms with van der Waals surface area (Å²) in [6, 6.07) is 7.22. The lowest BCUT2D eigenvalue weighted by Gasteiger charge is -2.45. The summed E-state index contributed by atoms with van der Waals surface area (Å²) in [5.41, 5.74) is 0.528. The van der Waals surface area contributed by atoms with Crippen molar-refractivity contribution in [1.29, 1.82) is 0 Å². The Morgan fingerprint density at radius 2 is 1.94 bits per heavy atom. The van der Waals surface area contributed by atoms with E-state index >= 15 is 0 Å². The summed E-state index contributed by atoms with van der Waals surface area (Å²) in [4.78, 5) is 47.9. The first kappa shape index (κ1) is 25.0. The molecule has 0 spiro atoms. The minimum atomic E-state index is -1.23. The van der Waals surface area contributed by atoms with E-state index in [4.69, 9.17) is 14.3 Å². The fraction of sp³-hybridized carbons (Fsp3) is 0.417. The van der Waals surface area contributed by atoms with E-state index in [0.717, 1.165) is 11.1 Å². The van der Waals surface area contributed by atoms with E-state index < -0.39 is 29.0 Å². The fourth-order valence-electron chi connectivity index (χ4n) is 4.50. The van der Waals surface area contributed by atoms with Crippen LogP contribution in [0.3, 0.4) is 0 Å². The van der Waals surface area contributed by atoms with Gasteiger partial charge in [-0.05, 0) is 31.5 Å². The minimum Gasteiger partial charge on any atom is -0.497 e. The van der Waals surface area contributed by atoms with Gasteiger partial charge in [-0.2, -0.15) is 5.54 Å². The van der Waals surface area contributed by atoms with Crippen LogP contribution in [0.4, 0.5) is 4.48 Å². The molecule has 2 amide bonds. The van der Waals surface area contributed by atoms with Crippen molar-refractivity contribution in [3.8, 4) is 11.5 Å². The van der Waals surface area contributed by atoms with E-state index in [-0.39, 0.29) is 24.0 Å². The number of amides is 2. The number of aromatic nitrogens is 1. The Bertz CT molecular complexity index is 1240. The molecule has 1 N–H and O–H groups in total. The molecular weight excluding hydrogens is 473 g/mol. The average molecular weight is 502 g/mol. The number of rotatable bonds is 5. The Morgan fingerprint density at radius 3 is 2.58 bits per heavy atom. The second-order valence-corrected chi connectivity index (χ2v) is 8.61. The van der Waals surface area contributed by atoms with Crippen LogP contribution in [0.5, 0.6) is 11.5 Å². The van der Waals surface area contributed by atoms with Gasteiger partial charge in [0.2, 0.25) is 5.43 Å². The van der Waals surface area contributed by atoms with Gasteiger partial charge in [-0.3, -0.25) is 14.4 Å². The predicted octanol–water partition coefficient (Wildman–Crippen LogP) is 2.08. The largest absolute Gasteiger partial charge is 0.497 e. The first-order valence-electron chi connectivity index (χ1n) is 11.4. The third-order valence-electron chi connectivity index (χ3n) is 6.51. The SMILES string of the molecule is COc1ccc(CN2/C(C)=N\OCC[C@H](C)N3C[C@H]2n2cc(C(=O)NF)c(=O)c(OC)c2C3=O)cc1. The maximum absolute atomic E-state index is 13.6. The summed E-state index contributed by atoms with van der Waals surface area (Å²) in [6.45, 7) is 4.52. The first-order chi connectivity index (χ1) is 17.3. The summed E-state index contributed by atoms with van der Waals surface area (Å²) in [7, 11) is 2.82. The lowest BCUT2D eigenvalue weighted by atomic mass is 10.1. The van der Waals surface area contributed by atoms with Crippen molar-refractivity contribution in [2.75, 3.05) is 27.4 Å². The van der Waals surface area contributed by atoms with Gasteiger partial charge >= 0.3 is 0 Å². The highest BCUT2D eigenvalue weighted by Crippen LogP contribution is 2.32. The Labute approximate surface area is 206 Å². The van der Waals surface area contributed by atoms with Crippen LogP contribution >= 0.6 is 0 Å². The lowest BCUT2D eigenvalue weighted by Crippen LogP contribution is -2.54. The number of benzene rings is 1. The van der Waals surface area contributed by atoms with Gasteiger partial charge in [-0.1, -0.05) is 21.8 Å². The molecule has 2 aliphatic rings. The van der Waals surface area contributed by atoms with Gasteiger partial charge in [0.1, 0.15) is 29.9 Å². The van der Waals surface area contributed by atoms with Crippen molar-refractivity contribution in [2.45, 2.75) is 39.0 Å². The molecular formula is C24H28FN5O6. The Kier molecular flexibility index (Phi) is 7.13. The van der Waals surface area contributed by atoms with Gasteiger partial charge in [-0.15, -0.1) is 0 Å². The number of carbonyl (C=O) groups excluding carboxylic acids is 2. The van der Waals surface area contributed by atoms with Gasteiger partial charge in [0.25, 0.3) is 11.8 Å². The molecule has 0 unspecified atom stereocenters. The number of nitrogens with zero attached hydrogens (tertiary/aromatic N) is 4. The van der Waals surface area contributed by atoms with Crippen LogP contribution < -0.4 is 20.4 Å². The molecule has 3 heterocycles. The van der Waals surface area contributed by atoms with Gasteiger partial charge in [0, 0.05) is 25.2 Å². The monoisotopic (exact) mass is 501 g/mol. The zero-order valence-corrected chi connectivity index (χ0v) is 20.5. The van der Waals surface area contributed by atoms with Crippen molar-refractivity contribution < 1.29 is 28.4 Å². The molecule has 2 atom stereocenters. The second-order valence-electron chi connectivity index (χ2n) is 8.61. The molecule has 0 aliphatic carbocycles. The highest BCUT2D eigenvalue weighted by molar-refractivity contribution is 5.99. The number of methoxy groups -OCH3 is 2. The first-order valence-corrected chi connectivity index (χ1v) is 11.4. The zero-order chi connectivity index (χ0) is 26.0. The summed E-state index contributed by atoms with van der Waals surface area (Å²) < 4.78 is 25.1. The summed E-state index contributed by atoms with van der Waals surface area (Å²) in [5, 5.41) is 4.27. The number of carbonyl (C=O) groups is 2. The molecule has 11 nitrogen and oxygen atoms in total. The van der Waals surface area contributed by atoms with Crippen molar-refractivity contribution >= 4 is 17.6 Å². The lowest BCUT2D eigenvalue weighted by molar-refractivity contribution is 0.0316. The zero-order valence-electron chi connectivity index (χ0n) is 20.5. The summed E-state index contributed by atoms with van der Waals surface area (Å²) >= 11 is 0. The highest BCUT2D eigenvalue weighted by Gasteiger charge is 2.41. The number of fused-ring (bicyclic) bond motifs is 4. The molecule has 1 aromatic carbocycles. The Morgan fingerprint density at radius 1 is 1.22 bits per heavy atom. The van der Waals surface area contributed by atoms with E-state index in [2.05, 4.69) is 5.16 Å². The van der Waals surface area contributed by atoms with E-state index in [1.165, 1.54) is 17.9 Å². The van der Waals surface area contributed by atoms with Crippen LogP contribution in [0.25, 0.3) is 0 Å². The maximum Gasteiger partial charge on any atom is 0.284 e. The van der Waals surface area contributed by atoms with Crippen molar-refractivity contribution in [1.82, 2.24) is 19.9 Å². The van der Waals surface area contributed by atoms with Crippen molar-refractivity contribution in [3.05, 3.63) is 57.5 Å². The quantitative estimate of drug-likeness (QED) is 0.624. The van der Waals surface area contributed by atoms with E-state index in [1.54, 1.807) is 18.9 Å². The Hall–Kier alpha value is -4.09. The van der Waals surface area contributed by atoms with Gasteiger partial charge < -0.3 is 28.7 Å². The highest BCUT2D eigenvalue weighted by atomic mass is 19.2. The number of ether oxygens (including phenoxy) is 2. The number of oxime groups is 1. The molecule has 2 aromatic rings. The number of hydrogen-bond donors (Lipinski definition) is 1. The molecule has 0 saturated carbocycles. The van der Waals surface area contributed by atoms with Crippen LogP contribution in [0, 0.1) is 0 Å². The van der Waals surface area contributed by atoms with E-state index in [9.17, 15) is 18.9 Å². The van der Waals surface area contributed by atoms with E-state index in [1.807, 2.05) is 36.1 Å². The van der Waals surface area contributed by atoms with E-state index in [0.29, 0.717) is 31.2 Å². The molecule has 192 valence electrons. The fourth-order valence-corrected chi connectivity index (χ4v) is 4.50. The summed E-state index contributed by atoms with van der Waals surface area (Å²) in [6.07, 6.45) is 1.09. The molecule has 0 radical (unpaired) electrons. The topological polar surface area (TPSA) is 115 Å². The minimum absolute atomic E-state index is 0.0185. The smallest absolute Gasteiger partial charge is 0.284 e. The van der Waals surface area contributed by atoms with Gasteiger partial charge in [0.15, 0.2) is 11.4 Å². The number of nitrogens with one attached hydrogen (secondary N) is 1. The third kappa shape index (κ3) is 4.45. The molecule has 2 bridgehead atoms. The van der Waals surface area contributed by atoms with Crippen LogP contribution in [0.2, 0.25) is 0 Å². The van der Waals surface area contributed by atoms with Crippen molar-refractivity contribution in [2.24, 2.45) is 5.16 Å². The standard InChI is InChI=1S/C24H28FN5O6/c1-14-9-10-36-27-15(2)29(11-16-5-7-17(34-3)8-6-16)19-13-28(14)24(33)20-22(35-4)21(31)18(12-30(19)20)23(32)26-25/h5-8,12,14,19H,9-11,13H2,1-4H3,(H,26,32)/b27-15-/t14-,19+/m0/s1. The van der Waals surface area contributed by atoms with Crippen LogP contribution in [0.1, 0.15) is 52.8 Å². The molecule has 36 heavy (non-hydrogen) atoms. The Balaban J connectivity index is 1.93. The molecule has 4 rings (SSSR count). The molecule has 0 fully saturated rings. The maximum atomic E-state index is 13.6. The number of halogens is 1. The van der Waals surface area contributed by atoms with Crippen molar-refractivity contribution in [3.63, 3.8) is 0 Å². The molecule has 12 heteroatoms. The van der Waals surface area contributed by atoms with Crippen LogP contribution in [-0.4, -0.2) is 65.4 Å². The normalized spacial score (nSPS) is 21.0. The number of amidine groups is 1. The van der Waals surface area contributed by atoms with Gasteiger partial charge in [-0.25, -0.2) is 0 Å². The third-order valence-corrected chi connectivity index (χ3v) is 6.51. The second kappa shape index (κ2) is 10.3. The molecule has 2 aliphatic heterocycles.